The molecule has 0 amide bonds. The first-order chi connectivity index (χ1) is 9.36. The molecule has 0 radical (unpaired) electrons. The number of hydrogen-bond acceptors (Lipinski definition) is 2. The highest BCUT2D eigenvalue weighted by atomic mass is 35.5. The van der Waals surface area contributed by atoms with Crippen molar-refractivity contribution >= 4 is 22.4 Å². The van der Waals surface area contributed by atoms with Crippen LogP contribution < -0.4 is 4.74 Å². The number of hydrogen-bond donors (Lipinski definition) is 0. The Morgan fingerprint density at radius 1 is 1.00 bits per heavy atom. The van der Waals surface area contributed by atoms with E-state index in [9.17, 15) is 0 Å². The van der Waals surface area contributed by atoms with Gasteiger partial charge in [0, 0.05) is 12.2 Å². The molecule has 0 bridgehead atoms. The fraction of sp³-hybridized carbons (Fsp3) is 0.375. The summed E-state index contributed by atoms with van der Waals surface area (Å²) in [6.45, 7) is 4.05. The molecule has 2 nitrogen and oxygen atoms in total. The van der Waals surface area contributed by atoms with Gasteiger partial charge in [-0.05, 0) is 23.3 Å². The largest absolute Gasteiger partial charge is 0.491 e. The first-order valence-corrected chi connectivity index (χ1v) is 7.17. The predicted molar refractivity (Wildman–Crippen MR) is 80.1 cm³/mol. The van der Waals surface area contributed by atoms with Crippen molar-refractivity contribution < 1.29 is 9.47 Å². The minimum absolute atomic E-state index is 0.451. The van der Waals surface area contributed by atoms with Crippen LogP contribution in [0.1, 0.15) is 18.9 Å². The van der Waals surface area contributed by atoms with Crippen molar-refractivity contribution in [2.75, 3.05) is 19.8 Å². The van der Waals surface area contributed by atoms with Crippen molar-refractivity contribution in [1.82, 2.24) is 0 Å². The Balaban J connectivity index is 2.10. The summed E-state index contributed by atoms with van der Waals surface area (Å²) in [6, 6.07) is 12.3. The molecule has 0 spiro atoms. The molecule has 19 heavy (non-hydrogen) atoms. The van der Waals surface area contributed by atoms with Crippen molar-refractivity contribution in [3.8, 4) is 5.75 Å². The van der Waals surface area contributed by atoms with Gasteiger partial charge < -0.3 is 9.47 Å². The molecule has 0 aliphatic carbocycles. The van der Waals surface area contributed by atoms with Crippen molar-refractivity contribution in [3.05, 3.63) is 42.0 Å². The Labute approximate surface area is 119 Å². The maximum absolute atomic E-state index is 6.06. The lowest BCUT2D eigenvalue weighted by Gasteiger charge is -2.12. The molecular formula is C16H19ClO2. The first-order valence-electron chi connectivity index (χ1n) is 6.64. The Morgan fingerprint density at radius 3 is 2.63 bits per heavy atom. The molecule has 0 saturated heterocycles. The quantitative estimate of drug-likeness (QED) is 0.553. The van der Waals surface area contributed by atoms with E-state index in [-0.39, 0.29) is 0 Å². The average Bonchev–Trinajstić information content (AvgIpc) is 2.46. The number of benzene rings is 2. The van der Waals surface area contributed by atoms with Crippen LogP contribution in [0.4, 0.5) is 0 Å². The monoisotopic (exact) mass is 278 g/mol. The number of ether oxygens (including phenoxy) is 2. The van der Waals surface area contributed by atoms with Crippen LogP contribution in [-0.2, 0) is 10.6 Å². The van der Waals surface area contributed by atoms with Crippen molar-refractivity contribution in [1.29, 1.82) is 0 Å². The van der Waals surface area contributed by atoms with Gasteiger partial charge in [0.05, 0.1) is 12.5 Å². The summed E-state index contributed by atoms with van der Waals surface area (Å²) in [7, 11) is 0. The molecule has 2 aromatic rings. The zero-order valence-electron chi connectivity index (χ0n) is 11.2. The van der Waals surface area contributed by atoms with E-state index in [2.05, 4.69) is 25.1 Å². The number of fused-ring (bicyclic) bond motifs is 1. The maximum atomic E-state index is 6.06. The lowest BCUT2D eigenvalue weighted by molar-refractivity contribution is 0.100. The summed E-state index contributed by atoms with van der Waals surface area (Å²) in [5, 5.41) is 2.34. The fourth-order valence-corrected chi connectivity index (χ4v) is 2.32. The molecule has 0 unspecified atom stereocenters. The smallest absolute Gasteiger partial charge is 0.124 e. The van der Waals surface area contributed by atoms with Gasteiger partial charge in [-0.3, -0.25) is 0 Å². The number of alkyl halides is 1. The van der Waals surface area contributed by atoms with E-state index in [1.165, 1.54) is 5.39 Å². The molecule has 2 aromatic carbocycles. The highest BCUT2D eigenvalue weighted by Crippen LogP contribution is 2.29. The Kier molecular flexibility index (Phi) is 5.49. The lowest BCUT2D eigenvalue weighted by atomic mass is 10.0. The van der Waals surface area contributed by atoms with Gasteiger partial charge in [-0.2, -0.15) is 0 Å². The molecule has 3 heteroatoms. The second kappa shape index (κ2) is 7.37. The first kappa shape index (κ1) is 14.2. The van der Waals surface area contributed by atoms with Crippen LogP contribution in [0.25, 0.3) is 10.8 Å². The van der Waals surface area contributed by atoms with Crippen molar-refractivity contribution in [3.63, 3.8) is 0 Å². The Morgan fingerprint density at radius 2 is 1.84 bits per heavy atom. The van der Waals surface area contributed by atoms with E-state index < -0.39 is 0 Å². The molecule has 0 aromatic heterocycles. The van der Waals surface area contributed by atoms with Gasteiger partial charge in [-0.1, -0.05) is 37.3 Å². The van der Waals surface area contributed by atoms with Crippen LogP contribution in [0.5, 0.6) is 5.75 Å². The minimum Gasteiger partial charge on any atom is -0.491 e. The zero-order valence-corrected chi connectivity index (χ0v) is 12.0. The van der Waals surface area contributed by atoms with E-state index in [1.807, 2.05) is 18.2 Å². The van der Waals surface area contributed by atoms with E-state index in [4.69, 9.17) is 21.1 Å². The van der Waals surface area contributed by atoms with Gasteiger partial charge in [0.1, 0.15) is 12.4 Å². The third-order valence-corrected chi connectivity index (χ3v) is 3.23. The summed E-state index contributed by atoms with van der Waals surface area (Å²) < 4.78 is 11.2. The number of rotatable bonds is 7. The molecule has 0 aliphatic heterocycles. The topological polar surface area (TPSA) is 18.5 Å². The molecule has 0 heterocycles. The second-order valence-electron chi connectivity index (χ2n) is 4.36. The predicted octanol–water partition coefficient (Wildman–Crippen LogP) is 4.38. The van der Waals surface area contributed by atoms with Crippen LogP contribution in [0.3, 0.4) is 0 Å². The molecule has 2 rings (SSSR count). The second-order valence-corrected chi connectivity index (χ2v) is 4.63. The summed E-state index contributed by atoms with van der Waals surface area (Å²) >= 11 is 6.06. The summed E-state index contributed by atoms with van der Waals surface area (Å²) in [4.78, 5) is 0. The third-order valence-electron chi connectivity index (χ3n) is 2.96. The highest BCUT2D eigenvalue weighted by molar-refractivity contribution is 6.18. The summed E-state index contributed by atoms with van der Waals surface area (Å²) in [5.74, 6) is 1.31. The van der Waals surface area contributed by atoms with Gasteiger partial charge in [0.15, 0.2) is 0 Å². The van der Waals surface area contributed by atoms with Crippen molar-refractivity contribution in [2.45, 2.75) is 19.2 Å². The third kappa shape index (κ3) is 3.62. The van der Waals surface area contributed by atoms with Gasteiger partial charge >= 0.3 is 0 Å². The van der Waals surface area contributed by atoms with E-state index >= 15 is 0 Å². The average molecular weight is 279 g/mol. The molecule has 0 N–H and O–H groups in total. The molecule has 0 atom stereocenters. The van der Waals surface area contributed by atoms with E-state index in [0.717, 1.165) is 29.7 Å². The maximum Gasteiger partial charge on any atom is 0.124 e. The van der Waals surface area contributed by atoms with Crippen LogP contribution in [0.15, 0.2) is 36.4 Å². The summed E-state index contributed by atoms with van der Waals surface area (Å²) in [5.41, 5.74) is 1.05. The van der Waals surface area contributed by atoms with Gasteiger partial charge in [-0.15, -0.1) is 11.6 Å². The van der Waals surface area contributed by atoms with Gasteiger partial charge in [0.2, 0.25) is 0 Å². The normalized spacial score (nSPS) is 10.8. The van der Waals surface area contributed by atoms with Gasteiger partial charge in [-0.25, -0.2) is 0 Å². The standard InChI is InChI=1S/C16H19ClO2/c1-2-9-18-10-11-19-16-8-7-13-5-3-4-6-14(13)15(16)12-17/h3-8H,2,9-12H2,1H3. The number of halogens is 1. The lowest BCUT2D eigenvalue weighted by Crippen LogP contribution is -2.08. The Bertz CT molecular complexity index is 525. The molecular weight excluding hydrogens is 260 g/mol. The molecule has 102 valence electrons. The van der Waals surface area contributed by atoms with E-state index in [0.29, 0.717) is 19.1 Å². The SMILES string of the molecule is CCCOCCOc1ccc2ccccc2c1CCl. The zero-order chi connectivity index (χ0) is 13.5. The molecule has 0 aliphatic rings. The van der Waals surface area contributed by atoms with E-state index in [1.54, 1.807) is 0 Å². The van der Waals surface area contributed by atoms with Crippen molar-refractivity contribution in [2.24, 2.45) is 0 Å². The van der Waals surface area contributed by atoms with Crippen LogP contribution in [-0.4, -0.2) is 19.8 Å². The fourth-order valence-electron chi connectivity index (χ4n) is 2.05. The Hall–Kier alpha value is -1.25. The molecule has 0 saturated carbocycles. The van der Waals surface area contributed by atoms with Crippen LogP contribution >= 0.6 is 11.6 Å². The molecule has 0 fully saturated rings. The minimum atomic E-state index is 0.451. The van der Waals surface area contributed by atoms with Crippen LogP contribution in [0.2, 0.25) is 0 Å². The summed E-state index contributed by atoms with van der Waals surface area (Å²) in [6.07, 6.45) is 1.03. The highest BCUT2D eigenvalue weighted by Gasteiger charge is 2.07. The van der Waals surface area contributed by atoms with Gasteiger partial charge in [0.25, 0.3) is 0 Å². The van der Waals surface area contributed by atoms with Crippen LogP contribution in [0, 0.1) is 0 Å².